The predicted octanol–water partition coefficient (Wildman–Crippen LogP) is 3.11. The van der Waals surface area contributed by atoms with E-state index in [4.69, 9.17) is 11.2 Å². The van der Waals surface area contributed by atoms with Crippen LogP contribution in [0.3, 0.4) is 0 Å². The molecular weight excluding hydrogens is 416 g/mol. The van der Waals surface area contributed by atoms with Crippen molar-refractivity contribution in [1.29, 1.82) is 0 Å². The maximum Gasteiger partial charge on any atom is 0.250 e. The smallest absolute Gasteiger partial charge is 0.250 e. The van der Waals surface area contributed by atoms with Gasteiger partial charge in [-0.25, -0.2) is 15.4 Å². The Morgan fingerprint density at radius 1 is 1.38 bits per heavy atom. The fraction of sp³-hybridized carbons (Fsp3) is 0.222. The Hall–Kier alpha value is -2.37. The zero-order valence-corrected chi connectivity index (χ0v) is 16.7. The fourth-order valence-corrected chi connectivity index (χ4v) is 3.09. The topological polar surface area (TPSA) is 76.5 Å². The summed E-state index contributed by atoms with van der Waals surface area (Å²) in [6, 6.07) is 7.31. The lowest BCUT2D eigenvalue weighted by Crippen LogP contribution is -2.20. The first-order chi connectivity index (χ1) is 12.5. The van der Waals surface area contributed by atoms with Gasteiger partial charge in [0.1, 0.15) is 12.4 Å². The number of nitrogens with zero attached hydrogens (tertiary/aromatic N) is 3. The van der Waals surface area contributed by atoms with Crippen LogP contribution in [-0.4, -0.2) is 34.4 Å². The molecule has 0 aliphatic heterocycles. The maximum atomic E-state index is 11.9. The van der Waals surface area contributed by atoms with Crippen molar-refractivity contribution in [3.05, 3.63) is 45.7 Å². The monoisotopic (exact) mass is 432 g/mol. The quantitative estimate of drug-likeness (QED) is 0.239. The normalized spacial score (nSPS) is 10.5. The van der Waals surface area contributed by atoms with Crippen molar-refractivity contribution >= 4 is 39.8 Å². The summed E-state index contributed by atoms with van der Waals surface area (Å²) in [6.07, 6.45) is 6.72. The van der Waals surface area contributed by atoms with Gasteiger partial charge in [0.2, 0.25) is 0 Å². The second-order valence-electron chi connectivity index (χ2n) is 5.19. The average molecular weight is 433 g/mol. The summed E-state index contributed by atoms with van der Waals surface area (Å²) < 4.78 is 6.31. The first-order valence-corrected chi connectivity index (χ1v) is 9.38. The zero-order valence-electron chi connectivity index (χ0n) is 14.3. The number of benzene rings is 1. The van der Waals surface area contributed by atoms with Crippen molar-refractivity contribution in [1.82, 2.24) is 15.4 Å². The van der Waals surface area contributed by atoms with Crippen molar-refractivity contribution in [2.24, 2.45) is 5.10 Å². The Kier molecular flexibility index (Phi) is 7.63. The minimum absolute atomic E-state index is 0.154. The number of terminal acetylenes is 1. The lowest BCUT2D eigenvalue weighted by Gasteiger charge is -2.06. The molecule has 0 aliphatic carbocycles. The van der Waals surface area contributed by atoms with E-state index in [2.05, 4.69) is 42.3 Å². The molecule has 0 bridgehead atoms. The number of carbonyl (C=O) groups is 1. The zero-order chi connectivity index (χ0) is 18.9. The number of thioether (sulfide) groups is 1. The maximum absolute atomic E-state index is 11.9. The number of hydrazone groups is 1. The highest BCUT2D eigenvalue weighted by atomic mass is 79.9. The summed E-state index contributed by atoms with van der Waals surface area (Å²) in [6.45, 7) is 3.93. The minimum Gasteiger partial charge on any atom is -0.480 e. The molecule has 0 aliphatic rings. The van der Waals surface area contributed by atoms with Gasteiger partial charge >= 0.3 is 0 Å². The van der Waals surface area contributed by atoms with Crippen molar-refractivity contribution in [2.45, 2.75) is 19.0 Å². The molecule has 0 saturated carbocycles. The van der Waals surface area contributed by atoms with Gasteiger partial charge in [-0.05, 0) is 38.1 Å². The minimum atomic E-state index is -0.255. The van der Waals surface area contributed by atoms with Gasteiger partial charge in [-0.2, -0.15) is 5.10 Å². The van der Waals surface area contributed by atoms with Crippen LogP contribution in [0.2, 0.25) is 0 Å². The standard InChI is InChI=1S/C18H17BrN4O2S/c1-4-7-25-16-6-5-15(19)9-14(16)10-20-23-17(24)11-26-18-21-12(2)8-13(3)22-18/h1,5-6,8-10H,7,11H2,2-3H3,(H,23,24). The molecule has 2 aromatic rings. The van der Waals surface area contributed by atoms with E-state index in [9.17, 15) is 4.79 Å². The van der Waals surface area contributed by atoms with Crippen molar-refractivity contribution in [3.8, 4) is 18.1 Å². The molecule has 1 aromatic heterocycles. The second-order valence-corrected chi connectivity index (χ2v) is 7.05. The van der Waals surface area contributed by atoms with Gasteiger partial charge in [0.15, 0.2) is 5.16 Å². The molecule has 1 heterocycles. The van der Waals surface area contributed by atoms with Crippen LogP contribution in [0.25, 0.3) is 0 Å². The largest absolute Gasteiger partial charge is 0.480 e. The van der Waals surface area contributed by atoms with Crippen LogP contribution < -0.4 is 10.2 Å². The molecule has 0 unspecified atom stereocenters. The molecule has 1 aromatic carbocycles. The molecule has 0 saturated heterocycles. The molecule has 1 amide bonds. The van der Waals surface area contributed by atoms with Crippen LogP contribution >= 0.6 is 27.7 Å². The molecule has 2 rings (SSSR count). The summed E-state index contributed by atoms with van der Waals surface area (Å²) in [5.74, 6) is 2.91. The predicted molar refractivity (Wildman–Crippen MR) is 106 cm³/mol. The third-order valence-corrected chi connectivity index (χ3v) is 4.31. The van der Waals surface area contributed by atoms with E-state index in [1.807, 2.05) is 32.0 Å². The second kappa shape index (κ2) is 9.94. The van der Waals surface area contributed by atoms with Crippen LogP contribution in [0.15, 0.2) is 39.0 Å². The molecule has 134 valence electrons. The van der Waals surface area contributed by atoms with Gasteiger partial charge in [-0.15, -0.1) is 6.42 Å². The number of aromatic nitrogens is 2. The highest BCUT2D eigenvalue weighted by Crippen LogP contribution is 2.21. The van der Waals surface area contributed by atoms with Gasteiger partial charge in [0, 0.05) is 21.4 Å². The highest BCUT2D eigenvalue weighted by molar-refractivity contribution is 9.10. The molecular formula is C18H17BrN4O2S. The molecule has 0 spiro atoms. The van der Waals surface area contributed by atoms with Gasteiger partial charge < -0.3 is 4.74 Å². The van der Waals surface area contributed by atoms with E-state index >= 15 is 0 Å². The van der Waals surface area contributed by atoms with Gasteiger partial charge in [-0.1, -0.05) is 33.6 Å². The molecule has 1 N–H and O–H groups in total. The van der Waals surface area contributed by atoms with Gasteiger partial charge in [-0.3, -0.25) is 4.79 Å². The number of nitrogens with one attached hydrogen (secondary N) is 1. The van der Waals surface area contributed by atoms with E-state index < -0.39 is 0 Å². The average Bonchev–Trinajstić information content (AvgIpc) is 2.58. The van der Waals surface area contributed by atoms with Crippen molar-refractivity contribution in [2.75, 3.05) is 12.4 Å². The van der Waals surface area contributed by atoms with E-state index in [1.54, 1.807) is 6.07 Å². The highest BCUT2D eigenvalue weighted by Gasteiger charge is 2.06. The Morgan fingerprint density at radius 2 is 2.12 bits per heavy atom. The summed E-state index contributed by atoms with van der Waals surface area (Å²) in [5, 5.41) is 4.54. The first-order valence-electron chi connectivity index (χ1n) is 7.60. The Morgan fingerprint density at radius 3 is 2.81 bits per heavy atom. The number of hydrogen-bond acceptors (Lipinski definition) is 6. The lowest BCUT2D eigenvalue weighted by molar-refractivity contribution is -0.118. The van der Waals surface area contributed by atoms with E-state index in [1.165, 1.54) is 18.0 Å². The Balaban J connectivity index is 1.92. The number of carbonyl (C=O) groups excluding carboxylic acids is 1. The number of hydrogen-bond donors (Lipinski definition) is 1. The molecule has 8 heteroatoms. The van der Waals surface area contributed by atoms with Gasteiger partial charge in [0.05, 0.1) is 12.0 Å². The summed E-state index contributed by atoms with van der Waals surface area (Å²) in [7, 11) is 0. The van der Waals surface area contributed by atoms with Crippen molar-refractivity contribution < 1.29 is 9.53 Å². The molecule has 6 nitrogen and oxygen atoms in total. The number of halogens is 1. The molecule has 0 fully saturated rings. The van der Waals surface area contributed by atoms with E-state index in [-0.39, 0.29) is 18.3 Å². The fourth-order valence-electron chi connectivity index (χ4n) is 1.97. The summed E-state index contributed by atoms with van der Waals surface area (Å²) >= 11 is 4.64. The van der Waals surface area contributed by atoms with E-state index in [0.29, 0.717) is 16.5 Å². The van der Waals surface area contributed by atoms with Crippen molar-refractivity contribution in [3.63, 3.8) is 0 Å². The number of aryl methyl sites for hydroxylation is 2. The summed E-state index contributed by atoms with van der Waals surface area (Å²) in [4.78, 5) is 20.5. The molecule has 0 atom stereocenters. The summed E-state index contributed by atoms with van der Waals surface area (Å²) in [5.41, 5.74) is 4.91. The number of ether oxygens (including phenoxy) is 1. The van der Waals surface area contributed by atoms with Crippen LogP contribution in [0, 0.1) is 26.2 Å². The SMILES string of the molecule is C#CCOc1ccc(Br)cc1C=NNC(=O)CSc1nc(C)cc(C)n1. The van der Waals surface area contributed by atoms with Crippen LogP contribution in [0.5, 0.6) is 5.75 Å². The number of amides is 1. The van der Waals surface area contributed by atoms with Crippen LogP contribution in [0.1, 0.15) is 17.0 Å². The van der Waals surface area contributed by atoms with E-state index in [0.717, 1.165) is 15.9 Å². The third kappa shape index (κ3) is 6.50. The van der Waals surface area contributed by atoms with Crippen LogP contribution in [0.4, 0.5) is 0 Å². The Labute approximate surface area is 165 Å². The molecule has 0 radical (unpaired) electrons. The number of rotatable bonds is 7. The first kappa shape index (κ1) is 19.9. The molecule has 26 heavy (non-hydrogen) atoms. The van der Waals surface area contributed by atoms with Crippen LogP contribution in [-0.2, 0) is 4.79 Å². The Bertz CT molecular complexity index is 845. The third-order valence-electron chi connectivity index (χ3n) is 2.97. The van der Waals surface area contributed by atoms with Gasteiger partial charge in [0.25, 0.3) is 5.91 Å². The lowest BCUT2D eigenvalue weighted by atomic mass is 10.2.